The number of pyridine rings is 1. The number of nitrogens with zero attached hydrogens (tertiary/aromatic N) is 4. The van der Waals surface area contributed by atoms with E-state index < -0.39 is 10.0 Å². The lowest BCUT2D eigenvalue weighted by molar-refractivity contribution is 0.0954. The summed E-state index contributed by atoms with van der Waals surface area (Å²) in [6.45, 7) is 4.36. The SMILES string of the molecule is Cc1nn(-c2ccccn2)c(C)c1CCNC(=O)c1ccc(S(=O)(=O)N(C)C)cc1. The van der Waals surface area contributed by atoms with Gasteiger partial charge >= 0.3 is 0 Å². The first-order chi connectivity index (χ1) is 14.2. The Kier molecular flexibility index (Phi) is 6.33. The van der Waals surface area contributed by atoms with Gasteiger partial charge in [-0.15, -0.1) is 0 Å². The molecule has 1 N–H and O–H groups in total. The lowest BCUT2D eigenvalue weighted by atomic mass is 10.1. The molecule has 158 valence electrons. The highest BCUT2D eigenvalue weighted by molar-refractivity contribution is 7.89. The van der Waals surface area contributed by atoms with E-state index in [0.29, 0.717) is 18.5 Å². The van der Waals surface area contributed by atoms with Gasteiger partial charge in [-0.2, -0.15) is 5.10 Å². The van der Waals surface area contributed by atoms with Gasteiger partial charge in [0.2, 0.25) is 10.0 Å². The van der Waals surface area contributed by atoms with Crippen LogP contribution in [0.15, 0.2) is 53.6 Å². The number of hydrogen-bond donors (Lipinski definition) is 1. The highest BCUT2D eigenvalue weighted by atomic mass is 32.2. The summed E-state index contributed by atoms with van der Waals surface area (Å²) in [6.07, 6.45) is 2.35. The van der Waals surface area contributed by atoms with Crippen molar-refractivity contribution < 1.29 is 13.2 Å². The van der Waals surface area contributed by atoms with Crippen LogP contribution in [-0.4, -0.2) is 54.0 Å². The Labute approximate surface area is 176 Å². The van der Waals surface area contributed by atoms with Crippen molar-refractivity contribution in [3.8, 4) is 5.82 Å². The van der Waals surface area contributed by atoms with Crippen molar-refractivity contribution in [1.29, 1.82) is 0 Å². The number of sulfonamides is 1. The van der Waals surface area contributed by atoms with Gasteiger partial charge in [0.1, 0.15) is 0 Å². The van der Waals surface area contributed by atoms with Crippen molar-refractivity contribution in [1.82, 2.24) is 24.4 Å². The van der Waals surface area contributed by atoms with Crippen molar-refractivity contribution in [2.45, 2.75) is 25.2 Å². The number of carbonyl (C=O) groups is 1. The molecule has 2 heterocycles. The molecule has 0 unspecified atom stereocenters. The molecule has 1 amide bonds. The van der Waals surface area contributed by atoms with Crippen molar-refractivity contribution >= 4 is 15.9 Å². The molecule has 3 aromatic rings. The zero-order valence-corrected chi connectivity index (χ0v) is 18.3. The summed E-state index contributed by atoms with van der Waals surface area (Å²) in [4.78, 5) is 16.9. The molecule has 8 nitrogen and oxygen atoms in total. The van der Waals surface area contributed by atoms with E-state index in [2.05, 4.69) is 15.4 Å². The number of carbonyl (C=O) groups excluding carboxylic acids is 1. The van der Waals surface area contributed by atoms with E-state index in [9.17, 15) is 13.2 Å². The molecule has 0 saturated carbocycles. The molecule has 0 radical (unpaired) electrons. The average Bonchev–Trinajstić information content (AvgIpc) is 3.02. The number of rotatable bonds is 7. The third kappa shape index (κ3) is 4.42. The highest BCUT2D eigenvalue weighted by Gasteiger charge is 2.18. The molecule has 0 fully saturated rings. The summed E-state index contributed by atoms with van der Waals surface area (Å²) in [5, 5.41) is 7.44. The Morgan fingerprint density at radius 1 is 1.10 bits per heavy atom. The minimum absolute atomic E-state index is 0.150. The van der Waals surface area contributed by atoms with Crippen LogP contribution in [0.1, 0.15) is 27.3 Å². The minimum Gasteiger partial charge on any atom is -0.352 e. The van der Waals surface area contributed by atoms with Crippen LogP contribution < -0.4 is 5.32 Å². The summed E-state index contributed by atoms with van der Waals surface area (Å²) in [7, 11) is -0.579. The fourth-order valence-electron chi connectivity index (χ4n) is 3.13. The molecule has 2 aromatic heterocycles. The predicted octanol–water partition coefficient (Wildman–Crippen LogP) is 2.11. The van der Waals surface area contributed by atoms with E-state index in [1.165, 1.54) is 38.4 Å². The summed E-state index contributed by atoms with van der Waals surface area (Å²) in [6, 6.07) is 11.6. The van der Waals surface area contributed by atoms with Crippen LogP contribution in [0.3, 0.4) is 0 Å². The van der Waals surface area contributed by atoms with Crippen LogP contribution in [0.2, 0.25) is 0 Å². The van der Waals surface area contributed by atoms with Gasteiger partial charge in [0, 0.05) is 38.1 Å². The van der Waals surface area contributed by atoms with E-state index in [4.69, 9.17) is 0 Å². The molecule has 0 aliphatic carbocycles. The van der Waals surface area contributed by atoms with Gasteiger partial charge in [0.05, 0.1) is 10.6 Å². The second-order valence-electron chi connectivity index (χ2n) is 7.07. The van der Waals surface area contributed by atoms with Crippen molar-refractivity contribution in [2.24, 2.45) is 0 Å². The van der Waals surface area contributed by atoms with E-state index in [1.54, 1.807) is 10.9 Å². The van der Waals surface area contributed by atoms with E-state index in [1.807, 2.05) is 32.0 Å². The van der Waals surface area contributed by atoms with Gasteiger partial charge < -0.3 is 5.32 Å². The molecular formula is C21H25N5O3S. The van der Waals surface area contributed by atoms with Gasteiger partial charge in [0.25, 0.3) is 5.91 Å². The lowest BCUT2D eigenvalue weighted by Gasteiger charge is -2.11. The first-order valence-corrected chi connectivity index (χ1v) is 10.9. The fraction of sp³-hybridized carbons (Fsp3) is 0.286. The maximum absolute atomic E-state index is 12.4. The standard InChI is InChI=1S/C21H25N5O3S/c1-15-19(16(2)26(24-15)20-7-5-6-13-22-20)12-14-23-21(27)17-8-10-18(11-9-17)30(28,29)25(3)4/h5-11,13H,12,14H2,1-4H3,(H,23,27). The topological polar surface area (TPSA) is 97.2 Å². The Morgan fingerprint density at radius 2 is 1.80 bits per heavy atom. The van der Waals surface area contributed by atoms with Crippen molar-refractivity contribution in [2.75, 3.05) is 20.6 Å². The summed E-state index contributed by atoms with van der Waals surface area (Å²) < 4.78 is 27.2. The maximum atomic E-state index is 12.4. The highest BCUT2D eigenvalue weighted by Crippen LogP contribution is 2.17. The molecule has 0 aliphatic heterocycles. The molecule has 1 aromatic carbocycles. The molecule has 0 saturated heterocycles. The van der Waals surface area contributed by atoms with Crippen molar-refractivity contribution in [3.63, 3.8) is 0 Å². The van der Waals surface area contributed by atoms with Crippen LogP contribution in [0, 0.1) is 13.8 Å². The Bertz CT molecular complexity index is 1140. The average molecular weight is 428 g/mol. The molecule has 3 rings (SSSR count). The van der Waals surface area contributed by atoms with E-state index in [0.717, 1.165) is 27.1 Å². The Balaban J connectivity index is 1.65. The second kappa shape index (κ2) is 8.76. The maximum Gasteiger partial charge on any atom is 0.251 e. The van der Waals surface area contributed by atoms with E-state index in [-0.39, 0.29) is 10.8 Å². The first kappa shape index (κ1) is 21.7. The quantitative estimate of drug-likeness (QED) is 0.623. The lowest BCUT2D eigenvalue weighted by Crippen LogP contribution is -2.26. The second-order valence-corrected chi connectivity index (χ2v) is 9.22. The normalized spacial score (nSPS) is 11.6. The first-order valence-electron chi connectivity index (χ1n) is 9.49. The largest absolute Gasteiger partial charge is 0.352 e. The van der Waals surface area contributed by atoms with Crippen LogP contribution >= 0.6 is 0 Å². The Hall–Kier alpha value is -3.04. The summed E-state index contributed by atoms with van der Waals surface area (Å²) >= 11 is 0. The number of nitrogens with one attached hydrogen (secondary N) is 1. The summed E-state index contributed by atoms with van der Waals surface area (Å²) in [5.74, 6) is 0.498. The molecular weight excluding hydrogens is 402 g/mol. The monoisotopic (exact) mass is 427 g/mol. The summed E-state index contributed by atoms with van der Waals surface area (Å²) in [5.41, 5.74) is 3.35. The van der Waals surface area contributed by atoms with Gasteiger partial charge in [0.15, 0.2) is 5.82 Å². The molecule has 0 spiro atoms. The smallest absolute Gasteiger partial charge is 0.251 e. The minimum atomic E-state index is -3.52. The molecule has 30 heavy (non-hydrogen) atoms. The van der Waals surface area contributed by atoms with Gasteiger partial charge in [-0.3, -0.25) is 4.79 Å². The molecule has 0 aliphatic rings. The predicted molar refractivity (Wildman–Crippen MR) is 114 cm³/mol. The molecule has 0 bridgehead atoms. The zero-order chi connectivity index (χ0) is 21.9. The van der Waals surface area contributed by atoms with Crippen LogP contribution in [0.25, 0.3) is 5.82 Å². The fourth-order valence-corrected chi connectivity index (χ4v) is 4.03. The van der Waals surface area contributed by atoms with Gasteiger partial charge in [-0.1, -0.05) is 6.07 Å². The third-order valence-electron chi connectivity index (χ3n) is 4.86. The number of hydrogen-bond acceptors (Lipinski definition) is 5. The number of aryl methyl sites for hydroxylation is 1. The number of aromatic nitrogens is 3. The van der Waals surface area contributed by atoms with E-state index >= 15 is 0 Å². The van der Waals surface area contributed by atoms with Crippen LogP contribution in [0.4, 0.5) is 0 Å². The van der Waals surface area contributed by atoms with Crippen LogP contribution in [0.5, 0.6) is 0 Å². The molecule has 0 atom stereocenters. The molecule has 9 heteroatoms. The van der Waals surface area contributed by atoms with Crippen molar-refractivity contribution in [3.05, 3.63) is 71.2 Å². The van der Waals surface area contributed by atoms with Crippen LogP contribution in [-0.2, 0) is 16.4 Å². The Morgan fingerprint density at radius 3 is 2.40 bits per heavy atom. The number of benzene rings is 1. The number of amides is 1. The van der Waals surface area contributed by atoms with Gasteiger partial charge in [-0.05, 0) is 62.2 Å². The third-order valence-corrected chi connectivity index (χ3v) is 6.69. The van der Waals surface area contributed by atoms with Gasteiger partial charge in [-0.25, -0.2) is 22.4 Å². The zero-order valence-electron chi connectivity index (χ0n) is 17.5.